The van der Waals surface area contributed by atoms with E-state index in [2.05, 4.69) is 15.3 Å². The van der Waals surface area contributed by atoms with Crippen molar-refractivity contribution < 1.29 is 19.0 Å². The van der Waals surface area contributed by atoms with E-state index in [1.54, 1.807) is 35.5 Å². The number of nitrogens with zero attached hydrogens (tertiary/aromatic N) is 3. The van der Waals surface area contributed by atoms with Gasteiger partial charge in [-0.05, 0) is 18.2 Å². The van der Waals surface area contributed by atoms with Crippen molar-refractivity contribution in [1.82, 2.24) is 14.9 Å². The number of hydrogen-bond donors (Lipinski definition) is 1. The van der Waals surface area contributed by atoms with Gasteiger partial charge >= 0.3 is 0 Å². The van der Waals surface area contributed by atoms with Crippen LogP contribution in [0, 0.1) is 0 Å². The molecule has 25 heavy (non-hydrogen) atoms. The van der Waals surface area contributed by atoms with Gasteiger partial charge in [0.2, 0.25) is 11.7 Å². The molecule has 1 aromatic heterocycles. The lowest BCUT2D eigenvalue weighted by Crippen LogP contribution is -2.57. The van der Waals surface area contributed by atoms with Crippen LogP contribution in [0.1, 0.15) is 10.4 Å². The minimum Gasteiger partial charge on any atom is -0.493 e. The van der Waals surface area contributed by atoms with Crippen molar-refractivity contribution in [2.24, 2.45) is 0 Å². The highest BCUT2D eigenvalue weighted by atomic mass is 16.5. The summed E-state index contributed by atoms with van der Waals surface area (Å²) in [6.45, 7) is 1.13. The van der Waals surface area contributed by atoms with E-state index >= 15 is 0 Å². The van der Waals surface area contributed by atoms with Crippen molar-refractivity contribution in [3.63, 3.8) is 0 Å². The van der Waals surface area contributed by atoms with E-state index in [-0.39, 0.29) is 11.9 Å². The van der Waals surface area contributed by atoms with Crippen LogP contribution < -0.4 is 19.5 Å². The summed E-state index contributed by atoms with van der Waals surface area (Å²) in [6, 6.07) is 5.26. The Morgan fingerprint density at radius 2 is 1.76 bits per heavy atom. The number of rotatable bonds is 6. The smallest absolute Gasteiger partial charge is 0.257 e. The van der Waals surface area contributed by atoms with Gasteiger partial charge in [0.05, 0.1) is 32.9 Å². The Bertz CT molecular complexity index is 748. The zero-order valence-corrected chi connectivity index (χ0v) is 14.4. The lowest BCUT2D eigenvalue weighted by atomic mass is 10.1. The van der Waals surface area contributed by atoms with Crippen LogP contribution in [0.15, 0.2) is 30.6 Å². The van der Waals surface area contributed by atoms with Gasteiger partial charge in [0.1, 0.15) is 0 Å². The minimum atomic E-state index is -0.121. The second-order valence-electron chi connectivity index (χ2n) is 5.51. The van der Waals surface area contributed by atoms with E-state index in [9.17, 15) is 4.79 Å². The summed E-state index contributed by atoms with van der Waals surface area (Å²) < 4.78 is 16.0. The van der Waals surface area contributed by atoms with Crippen LogP contribution in [0.2, 0.25) is 0 Å². The fourth-order valence-electron chi connectivity index (χ4n) is 2.73. The summed E-state index contributed by atoms with van der Waals surface area (Å²) in [7, 11) is 4.55. The molecule has 132 valence electrons. The third kappa shape index (κ3) is 3.28. The average Bonchev–Trinajstić information content (AvgIpc) is 2.63. The third-order valence-electron chi connectivity index (χ3n) is 4.00. The summed E-state index contributed by atoms with van der Waals surface area (Å²) in [5, 5.41) is 3.19. The van der Waals surface area contributed by atoms with E-state index < -0.39 is 0 Å². The van der Waals surface area contributed by atoms with Crippen molar-refractivity contribution in [3.05, 3.63) is 36.2 Å². The summed E-state index contributed by atoms with van der Waals surface area (Å²) in [4.78, 5) is 22.7. The van der Waals surface area contributed by atoms with E-state index in [0.29, 0.717) is 41.8 Å². The average molecular weight is 344 g/mol. The number of ether oxygens (including phenoxy) is 3. The van der Waals surface area contributed by atoms with E-state index in [0.717, 1.165) is 0 Å². The van der Waals surface area contributed by atoms with Gasteiger partial charge in [-0.15, -0.1) is 0 Å². The van der Waals surface area contributed by atoms with Gasteiger partial charge in [-0.25, -0.2) is 9.97 Å². The maximum atomic E-state index is 12.8. The van der Waals surface area contributed by atoms with E-state index in [4.69, 9.17) is 14.2 Å². The van der Waals surface area contributed by atoms with Crippen LogP contribution in [0.3, 0.4) is 0 Å². The number of nitrogens with one attached hydrogen (secondary N) is 1. The summed E-state index contributed by atoms with van der Waals surface area (Å²) in [5.74, 6) is 1.73. The molecule has 1 saturated heterocycles. The Kier molecular flexibility index (Phi) is 4.87. The molecule has 1 N–H and O–H groups in total. The number of carbonyl (C=O) groups excluding carboxylic acids is 1. The fraction of sp³-hybridized carbons (Fsp3) is 0.353. The summed E-state index contributed by atoms with van der Waals surface area (Å²) in [5.41, 5.74) is 0.439. The van der Waals surface area contributed by atoms with Gasteiger partial charge in [0, 0.05) is 25.5 Å². The van der Waals surface area contributed by atoms with Crippen LogP contribution in [-0.4, -0.2) is 61.2 Å². The van der Waals surface area contributed by atoms with Crippen molar-refractivity contribution in [2.75, 3.05) is 39.7 Å². The number of likely N-dealkylation sites (tertiary alicyclic amines) is 1. The molecule has 2 heterocycles. The molecule has 1 fully saturated rings. The van der Waals surface area contributed by atoms with Gasteiger partial charge in [0.15, 0.2) is 11.5 Å². The maximum absolute atomic E-state index is 12.8. The van der Waals surface area contributed by atoms with Crippen LogP contribution in [0.25, 0.3) is 0 Å². The molecule has 2 aromatic rings. The highest BCUT2D eigenvalue weighted by Crippen LogP contribution is 2.40. The lowest BCUT2D eigenvalue weighted by molar-refractivity contribution is 0.0620. The number of benzene rings is 1. The molecule has 1 amide bonds. The third-order valence-corrected chi connectivity index (χ3v) is 4.00. The summed E-state index contributed by atoms with van der Waals surface area (Å²) >= 11 is 0. The number of carbonyl (C=O) groups is 1. The van der Waals surface area contributed by atoms with Crippen molar-refractivity contribution in [3.8, 4) is 17.2 Å². The molecule has 0 radical (unpaired) electrons. The van der Waals surface area contributed by atoms with E-state index in [1.165, 1.54) is 21.3 Å². The largest absolute Gasteiger partial charge is 0.493 e. The molecule has 0 unspecified atom stereocenters. The first-order valence-electron chi connectivity index (χ1n) is 7.79. The molecule has 8 nitrogen and oxygen atoms in total. The zero-order valence-electron chi connectivity index (χ0n) is 14.4. The summed E-state index contributed by atoms with van der Waals surface area (Å²) in [6.07, 6.45) is 3.34. The fourth-order valence-corrected chi connectivity index (χ4v) is 2.73. The van der Waals surface area contributed by atoms with Crippen molar-refractivity contribution >= 4 is 11.9 Å². The number of hydrogen-bond acceptors (Lipinski definition) is 7. The minimum absolute atomic E-state index is 0.121. The van der Waals surface area contributed by atoms with Gasteiger partial charge in [-0.3, -0.25) is 4.79 Å². The predicted molar refractivity (Wildman–Crippen MR) is 91.4 cm³/mol. The molecular formula is C17H20N4O4. The Labute approximate surface area is 145 Å². The van der Waals surface area contributed by atoms with Gasteiger partial charge in [-0.1, -0.05) is 0 Å². The topological polar surface area (TPSA) is 85.8 Å². The van der Waals surface area contributed by atoms with Crippen LogP contribution in [0.4, 0.5) is 5.95 Å². The van der Waals surface area contributed by atoms with Crippen LogP contribution in [-0.2, 0) is 0 Å². The zero-order chi connectivity index (χ0) is 17.8. The molecule has 1 aromatic carbocycles. The molecular weight excluding hydrogens is 324 g/mol. The highest BCUT2D eigenvalue weighted by molar-refractivity contribution is 5.99. The first kappa shape index (κ1) is 16.8. The molecule has 0 saturated carbocycles. The van der Waals surface area contributed by atoms with Crippen LogP contribution in [0.5, 0.6) is 17.2 Å². The molecule has 3 rings (SSSR count). The molecule has 0 spiro atoms. The number of anilines is 1. The first-order valence-corrected chi connectivity index (χ1v) is 7.79. The number of methoxy groups -OCH3 is 3. The van der Waals surface area contributed by atoms with E-state index in [1.807, 2.05) is 0 Å². The number of aromatic nitrogens is 2. The second kappa shape index (κ2) is 7.25. The Balaban J connectivity index is 1.70. The molecule has 1 aliphatic rings. The SMILES string of the molecule is COc1ccc(C(=O)N2CC(Nc3ncccn3)C2)c(OC)c1OC. The van der Waals surface area contributed by atoms with Gasteiger partial charge in [-0.2, -0.15) is 0 Å². The number of amides is 1. The molecule has 1 aliphatic heterocycles. The van der Waals surface area contributed by atoms with Crippen molar-refractivity contribution in [1.29, 1.82) is 0 Å². The Morgan fingerprint density at radius 1 is 1.08 bits per heavy atom. The van der Waals surface area contributed by atoms with Gasteiger partial charge in [0.25, 0.3) is 5.91 Å². The normalized spacial score (nSPS) is 13.8. The molecule has 8 heteroatoms. The Morgan fingerprint density at radius 3 is 2.36 bits per heavy atom. The molecule has 0 atom stereocenters. The standard InChI is InChI=1S/C17H20N4O4/c1-23-13-6-5-12(14(24-2)15(13)25-3)16(22)21-9-11(10-21)20-17-18-7-4-8-19-17/h4-8,11H,9-10H2,1-3H3,(H,18,19,20). The molecule has 0 bridgehead atoms. The molecule has 0 aliphatic carbocycles. The first-order chi connectivity index (χ1) is 12.2. The monoisotopic (exact) mass is 344 g/mol. The second-order valence-corrected chi connectivity index (χ2v) is 5.51. The quantitative estimate of drug-likeness (QED) is 0.848. The van der Waals surface area contributed by atoms with Crippen LogP contribution >= 0.6 is 0 Å². The van der Waals surface area contributed by atoms with Crippen molar-refractivity contribution in [2.45, 2.75) is 6.04 Å². The maximum Gasteiger partial charge on any atom is 0.257 e. The van der Waals surface area contributed by atoms with Gasteiger partial charge < -0.3 is 24.4 Å². The highest BCUT2D eigenvalue weighted by Gasteiger charge is 2.34. The Hall–Kier alpha value is -3.03. The predicted octanol–water partition coefficient (Wildman–Crippen LogP) is 1.44. The lowest BCUT2D eigenvalue weighted by Gasteiger charge is -2.39.